The summed E-state index contributed by atoms with van der Waals surface area (Å²) in [5.41, 5.74) is 7.30. The number of ether oxygens (including phenoxy) is 1. The van der Waals surface area contributed by atoms with Crippen LogP contribution < -0.4 is 5.73 Å². The summed E-state index contributed by atoms with van der Waals surface area (Å²) in [5.74, 6) is -0.156. The Balaban J connectivity index is 2.37. The second kappa shape index (κ2) is 7.93. The van der Waals surface area contributed by atoms with Crippen molar-refractivity contribution in [1.82, 2.24) is 4.57 Å². The monoisotopic (exact) mass is 252 g/mol. The smallest absolute Gasteiger partial charge is 0.305 e. The average molecular weight is 252 g/mol. The van der Waals surface area contributed by atoms with Crippen LogP contribution in [0.15, 0.2) is 18.3 Å². The molecule has 0 spiro atoms. The third kappa shape index (κ3) is 4.92. The van der Waals surface area contributed by atoms with Gasteiger partial charge in [-0.15, -0.1) is 0 Å². The molecule has 1 atom stereocenters. The van der Waals surface area contributed by atoms with Gasteiger partial charge in [0.2, 0.25) is 0 Å². The molecule has 1 heterocycles. The summed E-state index contributed by atoms with van der Waals surface area (Å²) in [6.45, 7) is 5.43. The van der Waals surface area contributed by atoms with Gasteiger partial charge in [-0.2, -0.15) is 0 Å². The minimum Gasteiger partial charge on any atom is -0.466 e. The van der Waals surface area contributed by atoms with Crippen LogP contribution >= 0.6 is 0 Å². The molecule has 0 saturated carbocycles. The molecule has 1 unspecified atom stereocenters. The van der Waals surface area contributed by atoms with E-state index >= 15 is 0 Å². The highest BCUT2D eigenvalue weighted by Crippen LogP contribution is 2.09. The Morgan fingerprint density at radius 1 is 1.50 bits per heavy atom. The molecule has 2 N–H and O–H groups in total. The van der Waals surface area contributed by atoms with E-state index in [1.54, 1.807) is 0 Å². The summed E-state index contributed by atoms with van der Waals surface area (Å²) in [6, 6.07) is 4.16. The summed E-state index contributed by atoms with van der Waals surface area (Å²) >= 11 is 0. The Labute approximate surface area is 109 Å². The lowest BCUT2D eigenvalue weighted by Gasteiger charge is -2.13. The zero-order valence-corrected chi connectivity index (χ0v) is 11.4. The first kappa shape index (κ1) is 14.8. The van der Waals surface area contributed by atoms with Crippen LogP contribution in [0.5, 0.6) is 0 Å². The fraction of sp³-hybridized carbons (Fsp3) is 0.643. The number of hydrogen-bond acceptors (Lipinski definition) is 3. The van der Waals surface area contributed by atoms with E-state index in [0.29, 0.717) is 19.4 Å². The number of aryl methyl sites for hydroxylation is 1. The molecule has 0 amide bonds. The maximum absolute atomic E-state index is 11.2. The minimum atomic E-state index is -0.156. The Morgan fingerprint density at radius 2 is 2.28 bits per heavy atom. The lowest BCUT2D eigenvalue weighted by Crippen LogP contribution is -2.25. The second-order valence-electron chi connectivity index (χ2n) is 4.50. The Kier molecular flexibility index (Phi) is 6.50. The van der Waals surface area contributed by atoms with E-state index in [2.05, 4.69) is 23.8 Å². The standard InChI is InChI=1S/C14H24N2O2/c1-3-9-16-10-5-6-13(16)11-12(15)7-8-14(17)18-4-2/h5-6,10,12H,3-4,7-9,11,15H2,1-2H3. The predicted molar refractivity (Wildman–Crippen MR) is 72.3 cm³/mol. The molecule has 0 radical (unpaired) electrons. The van der Waals surface area contributed by atoms with Crippen LogP contribution in [0.3, 0.4) is 0 Å². The molecule has 0 aliphatic rings. The number of nitrogens with zero attached hydrogens (tertiary/aromatic N) is 1. The first-order valence-electron chi connectivity index (χ1n) is 6.72. The van der Waals surface area contributed by atoms with Gasteiger partial charge in [-0.25, -0.2) is 0 Å². The highest BCUT2D eigenvalue weighted by molar-refractivity contribution is 5.69. The molecule has 0 aliphatic heterocycles. The van der Waals surface area contributed by atoms with Crippen molar-refractivity contribution in [2.75, 3.05) is 6.61 Å². The molecule has 102 valence electrons. The minimum absolute atomic E-state index is 0.0138. The van der Waals surface area contributed by atoms with Crippen molar-refractivity contribution in [3.05, 3.63) is 24.0 Å². The zero-order valence-electron chi connectivity index (χ0n) is 11.4. The van der Waals surface area contributed by atoms with Gasteiger partial charge in [0.05, 0.1) is 6.61 Å². The van der Waals surface area contributed by atoms with Crippen molar-refractivity contribution in [2.45, 2.75) is 52.1 Å². The first-order valence-corrected chi connectivity index (χ1v) is 6.72. The van der Waals surface area contributed by atoms with Gasteiger partial charge < -0.3 is 15.0 Å². The molecule has 0 fully saturated rings. The summed E-state index contributed by atoms with van der Waals surface area (Å²) in [7, 11) is 0. The topological polar surface area (TPSA) is 57.2 Å². The summed E-state index contributed by atoms with van der Waals surface area (Å²) < 4.78 is 7.12. The first-order chi connectivity index (χ1) is 8.67. The molecule has 0 saturated heterocycles. The molecule has 4 nitrogen and oxygen atoms in total. The second-order valence-corrected chi connectivity index (χ2v) is 4.50. The van der Waals surface area contributed by atoms with Crippen LogP contribution in [-0.2, 0) is 22.5 Å². The van der Waals surface area contributed by atoms with Crippen LogP contribution in [0, 0.1) is 0 Å². The maximum Gasteiger partial charge on any atom is 0.305 e. The SMILES string of the molecule is CCCn1cccc1CC(N)CCC(=O)OCC. The third-order valence-corrected chi connectivity index (χ3v) is 2.88. The third-order valence-electron chi connectivity index (χ3n) is 2.88. The molecule has 1 rings (SSSR count). The van der Waals surface area contributed by atoms with Gasteiger partial charge in [0.1, 0.15) is 0 Å². The molecular weight excluding hydrogens is 228 g/mol. The number of carbonyl (C=O) groups excluding carboxylic acids is 1. The molecule has 18 heavy (non-hydrogen) atoms. The van der Waals surface area contributed by atoms with Gasteiger partial charge in [0.25, 0.3) is 0 Å². The van der Waals surface area contributed by atoms with E-state index < -0.39 is 0 Å². The fourth-order valence-corrected chi connectivity index (χ4v) is 2.00. The Bertz CT molecular complexity index is 360. The molecule has 0 aromatic carbocycles. The normalized spacial score (nSPS) is 12.4. The number of rotatable bonds is 8. The van der Waals surface area contributed by atoms with E-state index in [-0.39, 0.29) is 12.0 Å². The molecule has 1 aromatic rings. The highest BCUT2D eigenvalue weighted by Gasteiger charge is 2.10. The number of esters is 1. The summed E-state index contributed by atoms with van der Waals surface area (Å²) in [5, 5.41) is 0. The number of hydrogen-bond donors (Lipinski definition) is 1. The average Bonchev–Trinajstić information content (AvgIpc) is 2.75. The van der Waals surface area contributed by atoms with Crippen molar-refractivity contribution < 1.29 is 9.53 Å². The lowest BCUT2D eigenvalue weighted by molar-refractivity contribution is -0.143. The van der Waals surface area contributed by atoms with Crippen LogP contribution in [0.25, 0.3) is 0 Å². The van der Waals surface area contributed by atoms with Crippen molar-refractivity contribution in [3.63, 3.8) is 0 Å². The number of nitrogens with two attached hydrogens (primary N) is 1. The van der Waals surface area contributed by atoms with Gasteiger partial charge >= 0.3 is 5.97 Å². The fourth-order valence-electron chi connectivity index (χ4n) is 2.00. The van der Waals surface area contributed by atoms with Crippen molar-refractivity contribution >= 4 is 5.97 Å². The van der Waals surface area contributed by atoms with E-state index in [0.717, 1.165) is 19.4 Å². The van der Waals surface area contributed by atoms with Gasteiger partial charge in [0, 0.05) is 37.3 Å². The van der Waals surface area contributed by atoms with Crippen molar-refractivity contribution in [2.24, 2.45) is 5.73 Å². The van der Waals surface area contributed by atoms with Gasteiger partial charge in [0.15, 0.2) is 0 Å². The van der Waals surface area contributed by atoms with Gasteiger partial charge in [-0.05, 0) is 31.9 Å². The Hall–Kier alpha value is -1.29. The van der Waals surface area contributed by atoms with E-state index in [1.165, 1.54) is 5.69 Å². The van der Waals surface area contributed by atoms with Crippen molar-refractivity contribution in [3.8, 4) is 0 Å². The highest BCUT2D eigenvalue weighted by atomic mass is 16.5. The van der Waals surface area contributed by atoms with E-state index in [9.17, 15) is 4.79 Å². The van der Waals surface area contributed by atoms with Crippen LogP contribution in [0.1, 0.15) is 38.8 Å². The van der Waals surface area contributed by atoms with E-state index in [4.69, 9.17) is 10.5 Å². The number of aromatic nitrogens is 1. The van der Waals surface area contributed by atoms with Gasteiger partial charge in [-0.3, -0.25) is 4.79 Å². The Morgan fingerprint density at radius 3 is 2.94 bits per heavy atom. The lowest BCUT2D eigenvalue weighted by atomic mass is 10.1. The quantitative estimate of drug-likeness (QED) is 0.721. The van der Waals surface area contributed by atoms with Crippen LogP contribution in [0.2, 0.25) is 0 Å². The zero-order chi connectivity index (χ0) is 13.4. The van der Waals surface area contributed by atoms with Gasteiger partial charge in [-0.1, -0.05) is 6.92 Å². The maximum atomic E-state index is 11.2. The predicted octanol–water partition coefficient (Wildman–Crippen LogP) is 2.11. The van der Waals surface area contributed by atoms with E-state index in [1.807, 2.05) is 13.0 Å². The molecule has 4 heteroatoms. The summed E-state index contributed by atoms with van der Waals surface area (Å²) in [6.07, 6.45) is 5.09. The van der Waals surface area contributed by atoms with Crippen LogP contribution in [0.4, 0.5) is 0 Å². The van der Waals surface area contributed by atoms with Crippen LogP contribution in [-0.4, -0.2) is 23.2 Å². The molecule has 1 aromatic heterocycles. The molecular formula is C14H24N2O2. The summed E-state index contributed by atoms with van der Waals surface area (Å²) in [4.78, 5) is 11.2. The number of carbonyl (C=O) groups is 1. The molecule has 0 aliphatic carbocycles. The molecule has 0 bridgehead atoms. The largest absolute Gasteiger partial charge is 0.466 e. The van der Waals surface area contributed by atoms with Crippen molar-refractivity contribution in [1.29, 1.82) is 0 Å².